The van der Waals surface area contributed by atoms with E-state index in [0.717, 1.165) is 12.8 Å². The summed E-state index contributed by atoms with van der Waals surface area (Å²) in [6, 6.07) is 1.34. The largest absolute Gasteiger partial charge is 0.481 e. The third-order valence-electron chi connectivity index (χ3n) is 2.90. The standard InChI is InChI=1S/C11H14N2O4/c1-7-5-9(12-17-7)11(16)13-4-2-3-8(13)6-10(14)15/h5,8H,2-4,6H2,1H3,(H,14,15). The third kappa shape index (κ3) is 2.46. The molecule has 1 saturated heterocycles. The number of hydrogen-bond donors (Lipinski definition) is 1. The van der Waals surface area contributed by atoms with E-state index in [-0.39, 0.29) is 24.1 Å². The van der Waals surface area contributed by atoms with Crippen LogP contribution in [0, 0.1) is 6.92 Å². The molecule has 0 aliphatic carbocycles. The fourth-order valence-corrected chi connectivity index (χ4v) is 2.13. The number of carboxylic acid groups (broad SMARTS) is 1. The van der Waals surface area contributed by atoms with Crippen LogP contribution in [0.1, 0.15) is 35.5 Å². The lowest BCUT2D eigenvalue weighted by molar-refractivity contribution is -0.137. The molecule has 1 aromatic heterocycles. The smallest absolute Gasteiger partial charge is 0.305 e. The number of amides is 1. The van der Waals surface area contributed by atoms with Crippen LogP contribution in [0.25, 0.3) is 0 Å². The first kappa shape index (κ1) is 11.6. The Balaban J connectivity index is 2.10. The van der Waals surface area contributed by atoms with Crippen molar-refractivity contribution in [3.8, 4) is 0 Å². The maximum absolute atomic E-state index is 12.1. The minimum Gasteiger partial charge on any atom is -0.481 e. The lowest BCUT2D eigenvalue weighted by Crippen LogP contribution is -2.37. The molecule has 2 heterocycles. The van der Waals surface area contributed by atoms with Crippen LogP contribution in [0.15, 0.2) is 10.6 Å². The molecule has 1 fully saturated rings. The molecule has 17 heavy (non-hydrogen) atoms. The number of carbonyl (C=O) groups is 2. The number of carboxylic acids is 1. The minimum absolute atomic E-state index is 0.0113. The van der Waals surface area contributed by atoms with Gasteiger partial charge in [0.25, 0.3) is 5.91 Å². The average Bonchev–Trinajstić information content (AvgIpc) is 2.85. The molecule has 1 aliphatic heterocycles. The number of aryl methyl sites for hydroxylation is 1. The van der Waals surface area contributed by atoms with Gasteiger partial charge in [-0.05, 0) is 19.8 Å². The molecule has 1 atom stereocenters. The van der Waals surface area contributed by atoms with Crippen molar-refractivity contribution in [1.82, 2.24) is 10.1 Å². The molecule has 0 spiro atoms. The van der Waals surface area contributed by atoms with Crippen LogP contribution in [0.3, 0.4) is 0 Å². The average molecular weight is 238 g/mol. The summed E-state index contributed by atoms with van der Waals surface area (Å²) in [5.74, 6) is -0.557. The fraction of sp³-hybridized carbons (Fsp3) is 0.545. The molecule has 1 N–H and O–H groups in total. The molecular weight excluding hydrogens is 224 g/mol. The molecule has 6 nitrogen and oxygen atoms in total. The van der Waals surface area contributed by atoms with Gasteiger partial charge in [0.15, 0.2) is 5.69 Å². The number of hydrogen-bond acceptors (Lipinski definition) is 4. The maximum atomic E-state index is 12.1. The molecule has 1 aliphatic rings. The Hall–Kier alpha value is -1.85. The number of likely N-dealkylation sites (tertiary alicyclic amines) is 1. The van der Waals surface area contributed by atoms with Crippen LogP contribution in [0.4, 0.5) is 0 Å². The molecular formula is C11H14N2O4. The van der Waals surface area contributed by atoms with Gasteiger partial charge in [-0.2, -0.15) is 0 Å². The van der Waals surface area contributed by atoms with Crippen LogP contribution in [0.2, 0.25) is 0 Å². The normalized spacial score (nSPS) is 19.6. The van der Waals surface area contributed by atoms with Crippen molar-refractivity contribution in [2.24, 2.45) is 0 Å². The van der Waals surface area contributed by atoms with Crippen molar-refractivity contribution in [3.63, 3.8) is 0 Å². The molecule has 92 valence electrons. The second-order valence-corrected chi connectivity index (χ2v) is 4.22. The summed E-state index contributed by atoms with van der Waals surface area (Å²) in [4.78, 5) is 24.3. The number of rotatable bonds is 3. The molecule has 1 unspecified atom stereocenters. The van der Waals surface area contributed by atoms with Crippen LogP contribution < -0.4 is 0 Å². The molecule has 1 aromatic rings. The quantitative estimate of drug-likeness (QED) is 0.851. The summed E-state index contributed by atoms with van der Waals surface area (Å²) in [6.07, 6.45) is 1.55. The minimum atomic E-state index is -0.883. The zero-order valence-corrected chi connectivity index (χ0v) is 9.55. The van der Waals surface area contributed by atoms with Crippen LogP contribution in [0.5, 0.6) is 0 Å². The molecule has 0 saturated carbocycles. The predicted octanol–water partition coefficient (Wildman–Crippen LogP) is 1.06. The topological polar surface area (TPSA) is 83.6 Å². The maximum Gasteiger partial charge on any atom is 0.305 e. The summed E-state index contributed by atoms with van der Waals surface area (Å²) < 4.78 is 4.85. The Morgan fingerprint density at radius 2 is 2.41 bits per heavy atom. The highest BCUT2D eigenvalue weighted by Crippen LogP contribution is 2.22. The molecule has 6 heteroatoms. The molecule has 2 rings (SSSR count). The lowest BCUT2D eigenvalue weighted by Gasteiger charge is -2.22. The summed E-state index contributed by atoms with van der Waals surface area (Å²) in [7, 11) is 0. The first-order chi connectivity index (χ1) is 8.08. The lowest BCUT2D eigenvalue weighted by atomic mass is 10.1. The summed E-state index contributed by atoms with van der Waals surface area (Å²) in [5, 5.41) is 12.4. The van der Waals surface area contributed by atoms with Crippen LogP contribution in [-0.2, 0) is 4.79 Å². The van der Waals surface area contributed by atoms with E-state index in [2.05, 4.69) is 5.16 Å². The Morgan fingerprint density at radius 3 is 3.00 bits per heavy atom. The fourth-order valence-electron chi connectivity index (χ4n) is 2.13. The highest BCUT2D eigenvalue weighted by atomic mass is 16.5. The second-order valence-electron chi connectivity index (χ2n) is 4.22. The van der Waals surface area contributed by atoms with Crippen molar-refractivity contribution in [3.05, 3.63) is 17.5 Å². The first-order valence-corrected chi connectivity index (χ1v) is 5.54. The van der Waals surface area contributed by atoms with Gasteiger partial charge < -0.3 is 14.5 Å². The highest BCUT2D eigenvalue weighted by molar-refractivity contribution is 5.92. The Labute approximate surface area is 98.2 Å². The molecule has 0 aromatic carbocycles. The van der Waals surface area contributed by atoms with Gasteiger partial charge in [-0.3, -0.25) is 9.59 Å². The molecule has 0 bridgehead atoms. The summed E-state index contributed by atoms with van der Waals surface area (Å²) in [6.45, 7) is 2.30. The van der Waals surface area contributed by atoms with Crippen LogP contribution in [-0.4, -0.2) is 39.6 Å². The van der Waals surface area contributed by atoms with E-state index in [9.17, 15) is 9.59 Å². The van der Waals surface area contributed by atoms with Gasteiger partial charge in [0, 0.05) is 18.7 Å². The number of nitrogens with zero attached hydrogens (tertiary/aromatic N) is 2. The SMILES string of the molecule is Cc1cc(C(=O)N2CCCC2CC(=O)O)no1. The van der Waals surface area contributed by atoms with Crippen molar-refractivity contribution >= 4 is 11.9 Å². The Bertz CT molecular complexity index is 440. The number of carbonyl (C=O) groups excluding carboxylic acids is 1. The van der Waals surface area contributed by atoms with Gasteiger partial charge in [-0.1, -0.05) is 5.16 Å². The van der Waals surface area contributed by atoms with E-state index in [0.29, 0.717) is 12.3 Å². The van der Waals surface area contributed by atoms with Crippen LogP contribution >= 0.6 is 0 Å². The van der Waals surface area contributed by atoms with Gasteiger partial charge >= 0.3 is 5.97 Å². The zero-order valence-electron chi connectivity index (χ0n) is 9.55. The van der Waals surface area contributed by atoms with Crippen molar-refractivity contribution in [1.29, 1.82) is 0 Å². The van der Waals surface area contributed by atoms with Crippen molar-refractivity contribution in [2.45, 2.75) is 32.2 Å². The van der Waals surface area contributed by atoms with Gasteiger partial charge in [-0.15, -0.1) is 0 Å². The van der Waals surface area contributed by atoms with E-state index >= 15 is 0 Å². The Kier molecular flexibility index (Phi) is 3.12. The Morgan fingerprint density at radius 1 is 1.65 bits per heavy atom. The second kappa shape index (κ2) is 4.57. The summed E-state index contributed by atoms with van der Waals surface area (Å²) in [5.41, 5.74) is 0.250. The van der Waals surface area contributed by atoms with Gasteiger partial charge in [-0.25, -0.2) is 0 Å². The summed E-state index contributed by atoms with van der Waals surface area (Å²) >= 11 is 0. The van der Waals surface area contributed by atoms with Gasteiger partial charge in [0.05, 0.1) is 6.42 Å². The first-order valence-electron chi connectivity index (χ1n) is 5.54. The zero-order chi connectivity index (χ0) is 12.4. The monoisotopic (exact) mass is 238 g/mol. The molecule has 1 amide bonds. The van der Waals surface area contributed by atoms with Crippen molar-refractivity contribution in [2.75, 3.05) is 6.54 Å². The van der Waals surface area contributed by atoms with E-state index < -0.39 is 5.97 Å². The van der Waals surface area contributed by atoms with E-state index in [1.165, 1.54) is 0 Å². The third-order valence-corrected chi connectivity index (χ3v) is 2.90. The number of aliphatic carboxylic acids is 1. The van der Waals surface area contributed by atoms with Gasteiger partial charge in [0.2, 0.25) is 0 Å². The van der Waals surface area contributed by atoms with E-state index in [1.807, 2.05) is 0 Å². The predicted molar refractivity (Wildman–Crippen MR) is 57.6 cm³/mol. The van der Waals surface area contributed by atoms with Gasteiger partial charge in [0.1, 0.15) is 5.76 Å². The highest BCUT2D eigenvalue weighted by Gasteiger charge is 2.32. The molecule has 0 radical (unpaired) electrons. The van der Waals surface area contributed by atoms with E-state index in [4.69, 9.17) is 9.63 Å². The number of aromatic nitrogens is 1. The van der Waals surface area contributed by atoms with Crippen molar-refractivity contribution < 1.29 is 19.2 Å². The van der Waals surface area contributed by atoms with E-state index in [1.54, 1.807) is 17.9 Å².